The Labute approximate surface area is 180 Å². The van der Waals surface area contributed by atoms with E-state index in [0.717, 1.165) is 6.07 Å². The standard InChI is InChI=1S/C20H14Cl3NO5/c1-9(19(27)24-16-8-14(22)13(21)7-15(16)23)29-20(28)12-6-17(25)10-4-2-3-5-11(10)18(12)26/h2-9,25-26H,1H3,(H,24,27)/t9-/m1/s1. The third kappa shape index (κ3) is 4.34. The number of carbonyl (C=O) groups is 2. The molecule has 0 radical (unpaired) electrons. The Morgan fingerprint density at radius 2 is 1.59 bits per heavy atom. The molecule has 0 fully saturated rings. The maximum Gasteiger partial charge on any atom is 0.342 e. The molecule has 0 aliphatic rings. The fourth-order valence-corrected chi connectivity index (χ4v) is 3.22. The van der Waals surface area contributed by atoms with Crippen LogP contribution in [-0.2, 0) is 9.53 Å². The van der Waals surface area contributed by atoms with Crippen molar-refractivity contribution in [3.8, 4) is 11.5 Å². The highest BCUT2D eigenvalue weighted by molar-refractivity contribution is 6.44. The number of halogens is 3. The van der Waals surface area contributed by atoms with E-state index in [-0.39, 0.29) is 43.2 Å². The monoisotopic (exact) mass is 453 g/mol. The first-order valence-corrected chi connectivity index (χ1v) is 9.42. The molecular weight excluding hydrogens is 441 g/mol. The second-order valence-corrected chi connectivity index (χ2v) is 7.34. The topological polar surface area (TPSA) is 95.9 Å². The first kappa shape index (κ1) is 21.0. The predicted molar refractivity (Wildman–Crippen MR) is 112 cm³/mol. The van der Waals surface area contributed by atoms with Gasteiger partial charge in [-0.05, 0) is 25.1 Å². The van der Waals surface area contributed by atoms with E-state index >= 15 is 0 Å². The van der Waals surface area contributed by atoms with Gasteiger partial charge in [-0.3, -0.25) is 4.79 Å². The number of benzene rings is 3. The lowest BCUT2D eigenvalue weighted by Crippen LogP contribution is -2.30. The van der Waals surface area contributed by atoms with Crippen molar-refractivity contribution < 1.29 is 24.5 Å². The van der Waals surface area contributed by atoms with Crippen LogP contribution in [0.25, 0.3) is 10.8 Å². The van der Waals surface area contributed by atoms with Crippen molar-refractivity contribution in [3.63, 3.8) is 0 Å². The molecule has 29 heavy (non-hydrogen) atoms. The molecule has 6 nitrogen and oxygen atoms in total. The summed E-state index contributed by atoms with van der Waals surface area (Å²) in [5, 5.41) is 24.2. The molecule has 1 atom stereocenters. The van der Waals surface area contributed by atoms with E-state index in [1.165, 1.54) is 19.1 Å². The van der Waals surface area contributed by atoms with Crippen LogP contribution in [0.15, 0.2) is 42.5 Å². The highest BCUT2D eigenvalue weighted by Crippen LogP contribution is 2.36. The molecule has 0 aromatic heterocycles. The number of fused-ring (bicyclic) bond motifs is 1. The number of hydrogen-bond acceptors (Lipinski definition) is 5. The van der Waals surface area contributed by atoms with Gasteiger partial charge in [-0.1, -0.05) is 59.1 Å². The third-order valence-electron chi connectivity index (χ3n) is 4.14. The van der Waals surface area contributed by atoms with Gasteiger partial charge in [0.05, 0.1) is 20.8 Å². The number of aromatic hydroxyl groups is 2. The minimum atomic E-state index is -1.24. The van der Waals surface area contributed by atoms with Gasteiger partial charge in [-0.25, -0.2) is 4.79 Å². The highest BCUT2D eigenvalue weighted by Gasteiger charge is 2.24. The first-order chi connectivity index (χ1) is 13.7. The fraction of sp³-hybridized carbons (Fsp3) is 0.100. The molecular formula is C20H14Cl3NO5. The SMILES string of the molecule is C[C@@H](OC(=O)c1cc(O)c2ccccc2c1O)C(=O)Nc1cc(Cl)c(Cl)cc1Cl. The van der Waals surface area contributed by atoms with Crippen molar-refractivity contribution >= 4 is 63.1 Å². The summed E-state index contributed by atoms with van der Waals surface area (Å²) in [6.07, 6.45) is -1.24. The van der Waals surface area contributed by atoms with Crippen LogP contribution in [0.3, 0.4) is 0 Å². The van der Waals surface area contributed by atoms with E-state index in [2.05, 4.69) is 5.32 Å². The van der Waals surface area contributed by atoms with E-state index in [0.29, 0.717) is 5.39 Å². The number of phenolic OH excluding ortho intramolecular Hbond substituents is 2. The zero-order valence-electron chi connectivity index (χ0n) is 14.9. The average molecular weight is 455 g/mol. The van der Waals surface area contributed by atoms with E-state index in [1.807, 2.05) is 0 Å². The van der Waals surface area contributed by atoms with Crippen LogP contribution in [0, 0.1) is 0 Å². The Bertz CT molecular complexity index is 1130. The van der Waals surface area contributed by atoms with Crippen LogP contribution >= 0.6 is 34.8 Å². The van der Waals surface area contributed by atoms with Gasteiger partial charge in [0.25, 0.3) is 5.91 Å². The molecule has 0 bridgehead atoms. The number of ether oxygens (including phenoxy) is 1. The Kier molecular flexibility index (Phi) is 6.07. The summed E-state index contributed by atoms with van der Waals surface area (Å²) in [6, 6.07) is 10.3. The predicted octanol–water partition coefficient (Wildman–Crippen LogP) is 5.40. The molecule has 3 aromatic rings. The molecule has 3 rings (SSSR count). The van der Waals surface area contributed by atoms with E-state index in [1.54, 1.807) is 24.3 Å². The van der Waals surface area contributed by atoms with Gasteiger partial charge in [0.2, 0.25) is 0 Å². The van der Waals surface area contributed by atoms with Gasteiger partial charge in [0.15, 0.2) is 6.10 Å². The van der Waals surface area contributed by atoms with Gasteiger partial charge in [-0.2, -0.15) is 0 Å². The van der Waals surface area contributed by atoms with Crippen molar-refractivity contribution in [3.05, 3.63) is 63.1 Å². The molecule has 0 aliphatic heterocycles. The first-order valence-electron chi connectivity index (χ1n) is 8.29. The van der Waals surface area contributed by atoms with Gasteiger partial charge in [0, 0.05) is 10.8 Å². The average Bonchev–Trinajstić information content (AvgIpc) is 2.68. The minimum absolute atomic E-state index is 0.156. The Balaban J connectivity index is 1.79. The number of amides is 1. The van der Waals surface area contributed by atoms with Crippen LogP contribution in [0.1, 0.15) is 17.3 Å². The lowest BCUT2D eigenvalue weighted by molar-refractivity contribution is -0.123. The van der Waals surface area contributed by atoms with Gasteiger partial charge < -0.3 is 20.3 Å². The quantitative estimate of drug-likeness (QED) is 0.279. The smallest absolute Gasteiger partial charge is 0.342 e. The fourth-order valence-electron chi connectivity index (χ4n) is 2.63. The van der Waals surface area contributed by atoms with Crippen LogP contribution in [0.2, 0.25) is 15.1 Å². The Morgan fingerprint density at radius 3 is 2.28 bits per heavy atom. The maximum absolute atomic E-state index is 12.5. The summed E-state index contributed by atoms with van der Waals surface area (Å²) in [5.74, 6) is -2.22. The number of phenols is 2. The molecule has 1 amide bonds. The van der Waals surface area contributed by atoms with Crippen molar-refractivity contribution in [1.82, 2.24) is 0 Å². The Hall–Kier alpha value is -2.67. The number of hydrogen-bond donors (Lipinski definition) is 3. The van der Waals surface area contributed by atoms with Gasteiger partial charge in [0.1, 0.15) is 17.1 Å². The molecule has 0 unspecified atom stereocenters. The third-order valence-corrected chi connectivity index (χ3v) is 5.17. The molecule has 3 aromatic carbocycles. The second-order valence-electron chi connectivity index (χ2n) is 6.12. The zero-order valence-corrected chi connectivity index (χ0v) is 17.1. The van der Waals surface area contributed by atoms with Crippen LogP contribution in [0.5, 0.6) is 11.5 Å². The molecule has 3 N–H and O–H groups in total. The molecule has 0 aliphatic carbocycles. The van der Waals surface area contributed by atoms with Crippen molar-refractivity contribution in [1.29, 1.82) is 0 Å². The summed E-state index contributed by atoms with van der Waals surface area (Å²) in [5.41, 5.74) is -0.0754. The van der Waals surface area contributed by atoms with Crippen molar-refractivity contribution in [2.24, 2.45) is 0 Å². The summed E-state index contributed by atoms with van der Waals surface area (Å²) >= 11 is 17.8. The normalized spacial score (nSPS) is 11.9. The maximum atomic E-state index is 12.5. The minimum Gasteiger partial charge on any atom is -0.507 e. The molecule has 150 valence electrons. The van der Waals surface area contributed by atoms with Crippen molar-refractivity contribution in [2.75, 3.05) is 5.32 Å². The summed E-state index contributed by atoms with van der Waals surface area (Å²) in [7, 11) is 0. The zero-order chi connectivity index (χ0) is 21.3. The van der Waals surface area contributed by atoms with E-state index < -0.39 is 18.0 Å². The number of esters is 1. The van der Waals surface area contributed by atoms with Crippen LogP contribution in [-0.4, -0.2) is 28.2 Å². The number of carbonyl (C=O) groups excluding carboxylic acids is 2. The molecule has 0 spiro atoms. The summed E-state index contributed by atoms with van der Waals surface area (Å²) in [4.78, 5) is 24.8. The largest absolute Gasteiger partial charge is 0.507 e. The number of anilines is 1. The summed E-state index contributed by atoms with van der Waals surface area (Å²) < 4.78 is 5.12. The molecule has 0 saturated heterocycles. The second kappa shape index (κ2) is 8.37. The Morgan fingerprint density at radius 1 is 0.966 bits per heavy atom. The summed E-state index contributed by atoms with van der Waals surface area (Å²) in [6.45, 7) is 1.34. The molecule has 0 heterocycles. The van der Waals surface area contributed by atoms with E-state index in [9.17, 15) is 19.8 Å². The van der Waals surface area contributed by atoms with E-state index in [4.69, 9.17) is 39.5 Å². The number of nitrogens with one attached hydrogen (secondary N) is 1. The highest BCUT2D eigenvalue weighted by atomic mass is 35.5. The van der Waals surface area contributed by atoms with Crippen LogP contribution in [0.4, 0.5) is 5.69 Å². The molecule has 9 heteroatoms. The van der Waals surface area contributed by atoms with Gasteiger partial charge >= 0.3 is 5.97 Å². The lowest BCUT2D eigenvalue weighted by Gasteiger charge is -2.16. The molecule has 0 saturated carbocycles. The van der Waals surface area contributed by atoms with Crippen LogP contribution < -0.4 is 5.32 Å². The van der Waals surface area contributed by atoms with Gasteiger partial charge in [-0.15, -0.1) is 0 Å². The van der Waals surface area contributed by atoms with Crippen molar-refractivity contribution in [2.45, 2.75) is 13.0 Å². The number of rotatable bonds is 4. The lowest BCUT2D eigenvalue weighted by atomic mass is 10.0.